The normalized spacial score (nSPS) is 14.6. The number of thiazole rings is 1. The lowest BCUT2D eigenvalue weighted by Crippen LogP contribution is -2.22. The molecule has 0 spiro atoms. The van der Waals surface area contributed by atoms with Gasteiger partial charge in [-0.3, -0.25) is 9.36 Å². The van der Waals surface area contributed by atoms with E-state index in [2.05, 4.69) is 31.1 Å². The molecule has 1 aliphatic carbocycles. The van der Waals surface area contributed by atoms with Gasteiger partial charge in [0.15, 0.2) is 16.1 Å². The quantitative estimate of drug-likeness (QED) is 0.370. The van der Waals surface area contributed by atoms with Gasteiger partial charge >= 0.3 is 0 Å². The fraction of sp³-hybridized carbons (Fsp3) is 0.238. The van der Waals surface area contributed by atoms with Crippen molar-refractivity contribution in [2.75, 3.05) is 5.32 Å². The Kier molecular flexibility index (Phi) is 5.41. The predicted octanol–water partition coefficient (Wildman–Crippen LogP) is 5.58. The number of thioether (sulfide) groups is 1. The van der Waals surface area contributed by atoms with Crippen LogP contribution >= 0.6 is 34.4 Å². The minimum Gasteiger partial charge on any atom is -0.301 e. The predicted molar refractivity (Wildman–Crippen MR) is 123 cm³/mol. The molecule has 1 amide bonds. The summed E-state index contributed by atoms with van der Waals surface area (Å²) >= 11 is 4.54. The van der Waals surface area contributed by atoms with Crippen LogP contribution in [0.3, 0.4) is 0 Å². The summed E-state index contributed by atoms with van der Waals surface area (Å²) in [5.74, 6) is 0.812. The van der Waals surface area contributed by atoms with Gasteiger partial charge in [0.2, 0.25) is 5.91 Å². The smallest absolute Gasteiger partial charge is 0.239 e. The number of hydrogen-bond acceptors (Lipinski definition) is 7. The van der Waals surface area contributed by atoms with Crippen LogP contribution in [0.15, 0.2) is 58.4 Å². The van der Waals surface area contributed by atoms with Gasteiger partial charge in [-0.25, -0.2) is 4.98 Å². The third kappa shape index (κ3) is 4.05. The standard InChI is InChI=1S/C21H19N5OS3/c1-13(19(27)23-20-22-16(12-29-20)14-6-3-2-4-7-14)30-21-25-24-18(17-8-5-11-28-17)26(21)15-9-10-15/h2-8,11-13,15H,9-10H2,1H3,(H,22,23,27). The van der Waals surface area contributed by atoms with E-state index >= 15 is 0 Å². The molecule has 0 saturated heterocycles. The van der Waals surface area contributed by atoms with Crippen LogP contribution in [0, 0.1) is 0 Å². The van der Waals surface area contributed by atoms with Crippen molar-refractivity contribution in [1.29, 1.82) is 0 Å². The number of carbonyl (C=O) groups is 1. The van der Waals surface area contributed by atoms with E-state index < -0.39 is 0 Å². The number of aromatic nitrogens is 4. The van der Waals surface area contributed by atoms with Crippen LogP contribution in [0.4, 0.5) is 5.13 Å². The van der Waals surface area contributed by atoms with Crippen molar-refractivity contribution in [3.8, 4) is 22.0 Å². The van der Waals surface area contributed by atoms with Crippen molar-refractivity contribution >= 4 is 45.5 Å². The Balaban J connectivity index is 1.29. The van der Waals surface area contributed by atoms with Gasteiger partial charge in [-0.05, 0) is 31.2 Å². The molecule has 5 rings (SSSR count). The van der Waals surface area contributed by atoms with Gasteiger partial charge < -0.3 is 5.32 Å². The zero-order chi connectivity index (χ0) is 20.5. The molecule has 4 aromatic rings. The van der Waals surface area contributed by atoms with E-state index in [-0.39, 0.29) is 11.2 Å². The Bertz CT molecular complexity index is 1150. The zero-order valence-electron chi connectivity index (χ0n) is 16.2. The van der Waals surface area contributed by atoms with Crippen LogP contribution in [0.25, 0.3) is 22.0 Å². The van der Waals surface area contributed by atoms with Gasteiger partial charge in [0.1, 0.15) is 0 Å². The Morgan fingerprint density at radius 2 is 2.00 bits per heavy atom. The molecular weight excluding hydrogens is 434 g/mol. The average molecular weight is 454 g/mol. The maximum atomic E-state index is 12.8. The first kappa shape index (κ1) is 19.5. The molecule has 1 N–H and O–H groups in total. The van der Waals surface area contributed by atoms with Gasteiger partial charge in [0.05, 0.1) is 15.8 Å². The van der Waals surface area contributed by atoms with Crippen LogP contribution in [0.1, 0.15) is 25.8 Å². The van der Waals surface area contributed by atoms with Crippen LogP contribution in [-0.4, -0.2) is 30.9 Å². The third-order valence-electron chi connectivity index (χ3n) is 4.77. The fourth-order valence-electron chi connectivity index (χ4n) is 3.08. The summed E-state index contributed by atoms with van der Waals surface area (Å²) in [4.78, 5) is 18.4. The first-order valence-corrected chi connectivity index (χ1v) is 12.3. The van der Waals surface area contributed by atoms with Crippen molar-refractivity contribution in [2.45, 2.75) is 36.2 Å². The lowest BCUT2D eigenvalue weighted by Gasteiger charge is -2.12. The summed E-state index contributed by atoms with van der Waals surface area (Å²) in [7, 11) is 0. The summed E-state index contributed by atoms with van der Waals surface area (Å²) in [5.41, 5.74) is 1.90. The highest BCUT2D eigenvalue weighted by atomic mass is 32.2. The van der Waals surface area contributed by atoms with Crippen LogP contribution in [-0.2, 0) is 4.79 Å². The number of thiophene rings is 1. The number of anilines is 1. The highest BCUT2D eigenvalue weighted by Gasteiger charge is 2.31. The SMILES string of the molecule is CC(Sc1nnc(-c2cccs2)n1C1CC1)C(=O)Nc1nc(-c2ccccc2)cs1. The second kappa shape index (κ2) is 8.33. The van der Waals surface area contributed by atoms with E-state index in [1.54, 1.807) is 11.3 Å². The number of rotatable bonds is 7. The van der Waals surface area contributed by atoms with E-state index in [1.807, 2.05) is 54.1 Å². The molecule has 0 bridgehead atoms. The molecule has 9 heteroatoms. The molecule has 1 unspecified atom stereocenters. The highest BCUT2D eigenvalue weighted by molar-refractivity contribution is 8.00. The Morgan fingerprint density at radius 3 is 2.73 bits per heavy atom. The van der Waals surface area contributed by atoms with Crippen molar-refractivity contribution in [3.05, 3.63) is 53.2 Å². The molecule has 3 aromatic heterocycles. The van der Waals surface area contributed by atoms with E-state index in [0.29, 0.717) is 11.2 Å². The van der Waals surface area contributed by atoms with Crippen molar-refractivity contribution in [2.24, 2.45) is 0 Å². The third-order valence-corrected chi connectivity index (χ3v) is 7.45. The molecule has 30 heavy (non-hydrogen) atoms. The first-order chi connectivity index (χ1) is 14.7. The fourth-order valence-corrected chi connectivity index (χ4v) is 5.43. The Hall–Kier alpha value is -2.49. The molecule has 1 atom stereocenters. The monoisotopic (exact) mass is 453 g/mol. The lowest BCUT2D eigenvalue weighted by molar-refractivity contribution is -0.115. The van der Waals surface area contributed by atoms with Gasteiger partial charge in [0.25, 0.3) is 0 Å². The topological polar surface area (TPSA) is 72.7 Å². The molecule has 6 nitrogen and oxygen atoms in total. The average Bonchev–Trinajstić information content (AvgIpc) is 3.14. The first-order valence-electron chi connectivity index (χ1n) is 9.66. The Morgan fingerprint density at radius 1 is 1.17 bits per heavy atom. The van der Waals surface area contributed by atoms with Gasteiger partial charge in [-0.1, -0.05) is 48.2 Å². The summed E-state index contributed by atoms with van der Waals surface area (Å²) in [6.07, 6.45) is 2.26. The molecular formula is C21H19N5OS3. The molecule has 3 heterocycles. The van der Waals surface area contributed by atoms with Crippen LogP contribution in [0.5, 0.6) is 0 Å². The second-order valence-corrected chi connectivity index (χ2v) is 10.2. The van der Waals surface area contributed by atoms with Crippen molar-refractivity contribution < 1.29 is 4.79 Å². The minimum atomic E-state index is -0.313. The van der Waals surface area contributed by atoms with Crippen molar-refractivity contribution in [3.63, 3.8) is 0 Å². The van der Waals surface area contributed by atoms with Gasteiger partial charge in [-0.2, -0.15) is 0 Å². The van der Waals surface area contributed by atoms with E-state index in [9.17, 15) is 4.79 Å². The Labute approximate surface area is 186 Å². The van der Waals surface area contributed by atoms with E-state index in [0.717, 1.165) is 40.0 Å². The molecule has 1 aliphatic rings. The van der Waals surface area contributed by atoms with E-state index in [1.165, 1.54) is 23.1 Å². The number of benzene rings is 1. The maximum Gasteiger partial charge on any atom is 0.239 e. The van der Waals surface area contributed by atoms with Crippen LogP contribution < -0.4 is 5.32 Å². The van der Waals surface area contributed by atoms with Gasteiger partial charge in [-0.15, -0.1) is 32.9 Å². The maximum absolute atomic E-state index is 12.8. The number of hydrogen-bond donors (Lipinski definition) is 1. The largest absolute Gasteiger partial charge is 0.301 e. The molecule has 1 saturated carbocycles. The van der Waals surface area contributed by atoms with Crippen LogP contribution in [0.2, 0.25) is 0 Å². The molecule has 152 valence electrons. The van der Waals surface area contributed by atoms with E-state index in [4.69, 9.17) is 0 Å². The zero-order valence-corrected chi connectivity index (χ0v) is 18.6. The highest BCUT2D eigenvalue weighted by Crippen LogP contribution is 2.42. The second-order valence-electron chi connectivity index (χ2n) is 7.04. The van der Waals surface area contributed by atoms with Crippen molar-refractivity contribution in [1.82, 2.24) is 19.7 Å². The molecule has 1 fully saturated rings. The van der Waals surface area contributed by atoms with Gasteiger partial charge in [0, 0.05) is 17.0 Å². The number of carbonyl (C=O) groups excluding carboxylic acids is 1. The minimum absolute atomic E-state index is 0.0861. The summed E-state index contributed by atoms with van der Waals surface area (Å²) < 4.78 is 2.19. The summed E-state index contributed by atoms with van der Waals surface area (Å²) in [6, 6.07) is 14.5. The summed E-state index contributed by atoms with van der Waals surface area (Å²) in [6.45, 7) is 1.89. The molecule has 0 aliphatic heterocycles. The lowest BCUT2D eigenvalue weighted by atomic mass is 10.2. The molecule has 1 aromatic carbocycles. The summed E-state index contributed by atoms with van der Waals surface area (Å²) in [5, 5.41) is 16.8. The number of nitrogens with zero attached hydrogens (tertiary/aromatic N) is 4. The molecule has 0 radical (unpaired) electrons. The number of nitrogens with one attached hydrogen (secondary N) is 1. The number of amides is 1.